The topological polar surface area (TPSA) is 41.7 Å². The molecule has 2 heterocycles. The van der Waals surface area contributed by atoms with E-state index in [9.17, 15) is 0 Å². The van der Waals surface area contributed by atoms with Crippen LogP contribution in [0.4, 0.5) is 0 Å². The predicted molar refractivity (Wildman–Crippen MR) is 146 cm³/mol. The van der Waals surface area contributed by atoms with Gasteiger partial charge in [0, 0.05) is 16.3 Å². The second-order valence-corrected chi connectivity index (χ2v) is 8.78. The number of aliphatic imine (C=N–C) groups is 2. The molecule has 1 aliphatic rings. The molecule has 0 amide bonds. The maximum atomic E-state index is 4.77. The lowest BCUT2D eigenvalue weighted by Crippen LogP contribution is -2.34. The fraction of sp³-hybridized carbons (Fsp3) is 0.0323. The first-order valence-corrected chi connectivity index (χ1v) is 11.8. The molecule has 6 aromatic rings. The SMILES string of the molecule is C1=NC(n2c3cc(-c4ccccc4)ccc3c3c4ccccc4ccc32)NC(c2ccccc2)=N1. The predicted octanol–water partition coefficient (Wildman–Crippen LogP) is 7.15. The molecule has 1 N–H and O–H groups in total. The Bertz CT molecular complexity index is 1760. The highest BCUT2D eigenvalue weighted by Gasteiger charge is 2.22. The molecular weight excluding hydrogens is 428 g/mol. The molecule has 1 aromatic heterocycles. The zero-order chi connectivity index (χ0) is 23.2. The lowest BCUT2D eigenvalue weighted by atomic mass is 10.0. The lowest BCUT2D eigenvalue weighted by Gasteiger charge is -2.23. The number of aromatic nitrogens is 1. The molecule has 4 heteroatoms. The molecule has 0 fully saturated rings. The van der Waals surface area contributed by atoms with Crippen LogP contribution < -0.4 is 5.32 Å². The molecule has 0 radical (unpaired) electrons. The minimum atomic E-state index is -0.310. The Morgan fingerprint density at radius 3 is 2.17 bits per heavy atom. The van der Waals surface area contributed by atoms with Gasteiger partial charge in [-0.3, -0.25) is 0 Å². The smallest absolute Gasteiger partial charge is 0.203 e. The Kier molecular flexibility index (Phi) is 4.49. The molecule has 0 saturated heterocycles. The van der Waals surface area contributed by atoms with E-state index < -0.39 is 0 Å². The van der Waals surface area contributed by atoms with Crippen molar-refractivity contribution in [1.29, 1.82) is 0 Å². The number of amidine groups is 1. The molecule has 7 rings (SSSR count). The van der Waals surface area contributed by atoms with Crippen molar-refractivity contribution in [1.82, 2.24) is 9.88 Å². The van der Waals surface area contributed by atoms with E-state index in [0.29, 0.717) is 0 Å². The standard InChI is InChI=1S/C31H22N4/c1-3-9-21(10-4-1)24-15-17-26-28(19-24)35(27-18-16-22-11-7-8-14-25(22)29(26)27)31-33-20-32-30(34-31)23-12-5-2-6-13-23/h1-20,31H,(H,32,33,34). The summed E-state index contributed by atoms with van der Waals surface area (Å²) in [6.45, 7) is 0. The third-order valence-corrected chi connectivity index (χ3v) is 6.75. The van der Waals surface area contributed by atoms with E-state index in [1.165, 1.54) is 32.7 Å². The van der Waals surface area contributed by atoms with Gasteiger partial charge in [0.2, 0.25) is 6.29 Å². The highest BCUT2D eigenvalue weighted by atomic mass is 15.3. The molecule has 0 spiro atoms. The minimum absolute atomic E-state index is 0.310. The van der Waals surface area contributed by atoms with E-state index in [2.05, 4.69) is 112 Å². The second kappa shape index (κ2) is 7.96. The quantitative estimate of drug-likeness (QED) is 0.306. The van der Waals surface area contributed by atoms with Crippen LogP contribution >= 0.6 is 0 Å². The molecule has 1 atom stereocenters. The average molecular weight is 451 g/mol. The van der Waals surface area contributed by atoms with Crippen LogP contribution in [0.5, 0.6) is 0 Å². The van der Waals surface area contributed by atoms with E-state index in [0.717, 1.165) is 22.4 Å². The summed E-state index contributed by atoms with van der Waals surface area (Å²) in [6.07, 6.45) is 1.36. The van der Waals surface area contributed by atoms with Gasteiger partial charge >= 0.3 is 0 Å². The maximum Gasteiger partial charge on any atom is 0.203 e. The summed E-state index contributed by atoms with van der Waals surface area (Å²) in [6, 6.07) is 40.5. The van der Waals surface area contributed by atoms with Crippen LogP contribution in [-0.2, 0) is 0 Å². The highest BCUT2D eigenvalue weighted by Crippen LogP contribution is 2.38. The molecule has 1 unspecified atom stereocenters. The van der Waals surface area contributed by atoms with Crippen LogP contribution in [0, 0.1) is 0 Å². The van der Waals surface area contributed by atoms with Gasteiger partial charge in [0.1, 0.15) is 12.2 Å². The van der Waals surface area contributed by atoms with Gasteiger partial charge < -0.3 is 9.88 Å². The number of benzene rings is 5. The van der Waals surface area contributed by atoms with Crippen LogP contribution in [0.15, 0.2) is 125 Å². The molecule has 1 aliphatic heterocycles. The lowest BCUT2D eigenvalue weighted by molar-refractivity contribution is 0.518. The Labute approximate surface area is 202 Å². The van der Waals surface area contributed by atoms with E-state index >= 15 is 0 Å². The minimum Gasteiger partial charge on any atom is -0.331 e. The third-order valence-electron chi connectivity index (χ3n) is 6.75. The van der Waals surface area contributed by atoms with Crippen molar-refractivity contribution in [3.8, 4) is 11.1 Å². The summed E-state index contributed by atoms with van der Waals surface area (Å²) >= 11 is 0. The maximum absolute atomic E-state index is 4.77. The van der Waals surface area contributed by atoms with E-state index in [1.54, 1.807) is 6.34 Å². The molecule has 4 nitrogen and oxygen atoms in total. The fourth-order valence-corrected chi connectivity index (χ4v) is 5.13. The van der Waals surface area contributed by atoms with Gasteiger partial charge in [-0.15, -0.1) is 0 Å². The van der Waals surface area contributed by atoms with Crippen LogP contribution in [0.25, 0.3) is 43.7 Å². The van der Waals surface area contributed by atoms with Crippen LogP contribution in [-0.4, -0.2) is 16.7 Å². The molecule has 0 aliphatic carbocycles. The summed E-state index contributed by atoms with van der Waals surface area (Å²) in [5.41, 5.74) is 5.71. The Balaban J connectivity index is 1.49. The Morgan fingerprint density at radius 1 is 0.600 bits per heavy atom. The summed E-state index contributed by atoms with van der Waals surface area (Å²) in [5, 5.41) is 8.53. The summed E-state index contributed by atoms with van der Waals surface area (Å²) in [4.78, 5) is 9.31. The number of hydrogen-bond acceptors (Lipinski definition) is 3. The normalized spacial score (nSPS) is 15.4. The van der Waals surface area contributed by atoms with Crippen LogP contribution in [0.3, 0.4) is 0 Å². The highest BCUT2D eigenvalue weighted by molar-refractivity contribution is 6.21. The molecule has 166 valence electrons. The van der Waals surface area contributed by atoms with E-state index in [-0.39, 0.29) is 6.29 Å². The molecule has 0 saturated carbocycles. The zero-order valence-electron chi connectivity index (χ0n) is 19.0. The zero-order valence-corrected chi connectivity index (χ0v) is 19.0. The fourth-order valence-electron chi connectivity index (χ4n) is 5.13. The number of fused-ring (bicyclic) bond motifs is 5. The first-order valence-electron chi connectivity index (χ1n) is 11.8. The summed E-state index contributed by atoms with van der Waals surface area (Å²) in [7, 11) is 0. The molecule has 0 bridgehead atoms. The van der Waals surface area contributed by atoms with Crippen molar-refractivity contribution in [3.05, 3.63) is 121 Å². The number of nitrogens with one attached hydrogen (secondary N) is 1. The molecule has 5 aromatic carbocycles. The van der Waals surface area contributed by atoms with E-state index in [4.69, 9.17) is 4.99 Å². The second-order valence-electron chi connectivity index (χ2n) is 8.78. The molecule has 35 heavy (non-hydrogen) atoms. The van der Waals surface area contributed by atoms with Gasteiger partial charge in [0.25, 0.3) is 0 Å². The van der Waals surface area contributed by atoms with Gasteiger partial charge in [-0.05, 0) is 34.0 Å². The van der Waals surface area contributed by atoms with Crippen molar-refractivity contribution in [2.24, 2.45) is 9.98 Å². The van der Waals surface area contributed by atoms with Crippen molar-refractivity contribution in [2.45, 2.75) is 6.29 Å². The molecular formula is C31H22N4. The third kappa shape index (κ3) is 3.22. The van der Waals surface area contributed by atoms with Crippen molar-refractivity contribution in [2.75, 3.05) is 0 Å². The first kappa shape index (κ1) is 19.7. The largest absolute Gasteiger partial charge is 0.331 e. The Hall–Kier alpha value is -4.70. The van der Waals surface area contributed by atoms with Gasteiger partial charge in [-0.25, -0.2) is 9.98 Å². The van der Waals surface area contributed by atoms with Gasteiger partial charge in [-0.1, -0.05) is 103 Å². The van der Waals surface area contributed by atoms with Crippen molar-refractivity contribution >= 4 is 44.8 Å². The van der Waals surface area contributed by atoms with E-state index in [1.807, 2.05) is 18.2 Å². The summed E-state index contributed by atoms with van der Waals surface area (Å²) in [5.74, 6) is 0.820. The number of nitrogens with zero attached hydrogens (tertiary/aromatic N) is 3. The van der Waals surface area contributed by atoms with Crippen LogP contribution in [0.2, 0.25) is 0 Å². The van der Waals surface area contributed by atoms with Gasteiger partial charge in [-0.2, -0.15) is 0 Å². The van der Waals surface area contributed by atoms with Crippen LogP contribution in [0.1, 0.15) is 11.9 Å². The number of rotatable bonds is 3. The Morgan fingerprint density at radius 2 is 1.34 bits per heavy atom. The average Bonchev–Trinajstić information content (AvgIpc) is 3.28. The van der Waals surface area contributed by atoms with Gasteiger partial charge in [0.05, 0.1) is 11.0 Å². The number of hydrogen-bond donors (Lipinski definition) is 1. The first-order chi connectivity index (χ1) is 17.4. The monoisotopic (exact) mass is 450 g/mol. The summed E-state index contributed by atoms with van der Waals surface area (Å²) < 4.78 is 2.30. The van der Waals surface area contributed by atoms with Crippen molar-refractivity contribution < 1.29 is 0 Å². The van der Waals surface area contributed by atoms with Crippen molar-refractivity contribution in [3.63, 3.8) is 0 Å². The van der Waals surface area contributed by atoms with Gasteiger partial charge in [0.15, 0.2) is 0 Å².